The lowest BCUT2D eigenvalue weighted by atomic mass is 10.2. The quantitative estimate of drug-likeness (QED) is 0.583. The van der Waals surface area contributed by atoms with E-state index in [0.717, 1.165) is 17.8 Å². The molecule has 0 aromatic heterocycles. The fraction of sp³-hybridized carbons (Fsp3) is 0.333. The van der Waals surface area contributed by atoms with Crippen LogP contribution in [0.15, 0.2) is 47.4 Å². The molecule has 28 heavy (non-hydrogen) atoms. The molecule has 1 fully saturated rings. The summed E-state index contributed by atoms with van der Waals surface area (Å²) in [7, 11) is -3.68. The van der Waals surface area contributed by atoms with Gasteiger partial charge in [-0.15, -0.1) is 0 Å². The second-order valence-corrected chi connectivity index (χ2v) is 8.27. The van der Waals surface area contributed by atoms with E-state index in [-0.39, 0.29) is 23.7 Å². The van der Waals surface area contributed by atoms with E-state index in [1.165, 1.54) is 22.5 Å². The third-order valence-corrected chi connectivity index (χ3v) is 6.51. The molecule has 1 heterocycles. The molecule has 3 rings (SSSR count). The Balaban J connectivity index is 1.74. The minimum absolute atomic E-state index is 0.00289. The molecule has 0 unspecified atom stereocenters. The molecule has 0 aliphatic carbocycles. The molecule has 1 N–H and O–H groups in total. The van der Waals surface area contributed by atoms with Crippen molar-refractivity contribution in [3.05, 3.63) is 58.4 Å². The number of sulfonamides is 1. The molecule has 2 aromatic carbocycles. The zero-order chi connectivity index (χ0) is 20.3. The van der Waals surface area contributed by atoms with Gasteiger partial charge >= 0.3 is 0 Å². The Labute approximate surface area is 162 Å². The number of rotatable bonds is 6. The Morgan fingerprint density at radius 1 is 1.11 bits per heavy atom. The van der Waals surface area contributed by atoms with E-state index in [0.29, 0.717) is 25.3 Å². The van der Waals surface area contributed by atoms with Gasteiger partial charge in [0, 0.05) is 44.5 Å². The van der Waals surface area contributed by atoms with Gasteiger partial charge in [0.05, 0.1) is 9.82 Å². The Kier molecular flexibility index (Phi) is 5.80. The van der Waals surface area contributed by atoms with E-state index >= 15 is 0 Å². The number of hydrogen-bond donors (Lipinski definition) is 1. The number of nitro groups is 1. The number of benzene rings is 2. The molecule has 0 saturated carbocycles. The molecule has 0 atom stereocenters. The van der Waals surface area contributed by atoms with Crippen LogP contribution in [0.5, 0.6) is 0 Å². The van der Waals surface area contributed by atoms with E-state index in [1.807, 2.05) is 11.8 Å². The molecule has 0 amide bonds. The first-order chi connectivity index (χ1) is 13.3. The summed E-state index contributed by atoms with van der Waals surface area (Å²) in [4.78, 5) is 12.8. The summed E-state index contributed by atoms with van der Waals surface area (Å²) in [5.74, 6) is -0.488. The number of anilines is 2. The molecule has 1 aliphatic rings. The molecule has 1 aliphatic heterocycles. The van der Waals surface area contributed by atoms with Crippen LogP contribution in [0, 0.1) is 15.9 Å². The molecule has 0 spiro atoms. The van der Waals surface area contributed by atoms with Gasteiger partial charge < -0.3 is 10.2 Å². The predicted octanol–water partition coefficient (Wildman–Crippen LogP) is 2.68. The average molecular weight is 408 g/mol. The SMILES string of the molecule is CCNc1cc(N2CCN(S(=O)(=O)c3ccc(F)cc3)CC2)ccc1[N+](=O)[O-]. The number of nitro benzene ring substituents is 1. The first kappa shape index (κ1) is 20.0. The summed E-state index contributed by atoms with van der Waals surface area (Å²) < 4.78 is 39.8. The van der Waals surface area contributed by atoms with Gasteiger partial charge in [0.25, 0.3) is 5.69 Å². The van der Waals surface area contributed by atoms with Crippen molar-refractivity contribution in [3.8, 4) is 0 Å². The van der Waals surface area contributed by atoms with Gasteiger partial charge in [-0.2, -0.15) is 4.31 Å². The Bertz CT molecular complexity index is 958. The highest BCUT2D eigenvalue weighted by atomic mass is 32.2. The van der Waals surface area contributed by atoms with Crippen LogP contribution in [0.1, 0.15) is 6.92 Å². The van der Waals surface area contributed by atoms with Crippen molar-refractivity contribution in [2.24, 2.45) is 0 Å². The van der Waals surface area contributed by atoms with Gasteiger partial charge in [0.1, 0.15) is 11.5 Å². The smallest absolute Gasteiger partial charge is 0.292 e. The van der Waals surface area contributed by atoms with Crippen LogP contribution in [0.4, 0.5) is 21.5 Å². The Morgan fingerprint density at radius 2 is 1.75 bits per heavy atom. The van der Waals surface area contributed by atoms with Crippen molar-refractivity contribution in [1.82, 2.24) is 4.31 Å². The first-order valence-electron chi connectivity index (χ1n) is 8.86. The number of nitrogens with one attached hydrogen (secondary N) is 1. The maximum atomic E-state index is 13.1. The zero-order valence-electron chi connectivity index (χ0n) is 15.3. The van der Waals surface area contributed by atoms with Crippen LogP contribution in [-0.4, -0.2) is 50.4 Å². The predicted molar refractivity (Wildman–Crippen MR) is 105 cm³/mol. The maximum Gasteiger partial charge on any atom is 0.292 e. The van der Waals surface area contributed by atoms with Crippen LogP contribution < -0.4 is 10.2 Å². The largest absolute Gasteiger partial charge is 0.380 e. The molecular weight excluding hydrogens is 387 g/mol. The van der Waals surface area contributed by atoms with Crippen LogP contribution >= 0.6 is 0 Å². The highest BCUT2D eigenvalue weighted by Gasteiger charge is 2.29. The van der Waals surface area contributed by atoms with E-state index in [4.69, 9.17) is 0 Å². The number of halogens is 1. The number of nitrogens with zero attached hydrogens (tertiary/aromatic N) is 3. The lowest BCUT2D eigenvalue weighted by molar-refractivity contribution is -0.383. The van der Waals surface area contributed by atoms with Gasteiger partial charge in [-0.05, 0) is 43.3 Å². The minimum atomic E-state index is -3.68. The molecule has 150 valence electrons. The number of hydrogen-bond acceptors (Lipinski definition) is 6. The van der Waals surface area contributed by atoms with Gasteiger partial charge in [-0.3, -0.25) is 10.1 Å². The van der Waals surface area contributed by atoms with E-state index in [2.05, 4.69) is 5.32 Å². The summed E-state index contributed by atoms with van der Waals surface area (Å²) in [6, 6.07) is 9.61. The van der Waals surface area contributed by atoms with Gasteiger partial charge in [-0.25, -0.2) is 12.8 Å². The van der Waals surface area contributed by atoms with Crippen molar-refractivity contribution in [2.75, 3.05) is 42.9 Å². The monoisotopic (exact) mass is 408 g/mol. The molecule has 1 saturated heterocycles. The first-order valence-corrected chi connectivity index (χ1v) is 10.3. The second kappa shape index (κ2) is 8.11. The minimum Gasteiger partial charge on any atom is -0.380 e. The molecule has 0 radical (unpaired) electrons. The summed E-state index contributed by atoms with van der Waals surface area (Å²) >= 11 is 0. The molecule has 10 heteroatoms. The fourth-order valence-electron chi connectivity index (χ4n) is 3.15. The van der Waals surface area contributed by atoms with Crippen LogP contribution in [0.3, 0.4) is 0 Å². The average Bonchev–Trinajstić information content (AvgIpc) is 2.68. The summed E-state index contributed by atoms with van der Waals surface area (Å²) in [5, 5.41) is 14.1. The summed E-state index contributed by atoms with van der Waals surface area (Å²) in [6.07, 6.45) is 0. The number of piperazine rings is 1. The van der Waals surface area contributed by atoms with Crippen molar-refractivity contribution in [2.45, 2.75) is 11.8 Å². The zero-order valence-corrected chi connectivity index (χ0v) is 16.2. The van der Waals surface area contributed by atoms with Crippen molar-refractivity contribution in [1.29, 1.82) is 0 Å². The van der Waals surface area contributed by atoms with Gasteiger partial charge in [0.2, 0.25) is 10.0 Å². The molecular formula is C18H21FN4O4S. The lowest BCUT2D eigenvalue weighted by Gasteiger charge is -2.35. The molecule has 0 bridgehead atoms. The van der Waals surface area contributed by atoms with Crippen molar-refractivity contribution < 1.29 is 17.7 Å². The topological polar surface area (TPSA) is 95.8 Å². The van der Waals surface area contributed by atoms with Gasteiger partial charge in [0.15, 0.2) is 0 Å². The van der Waals surface area contributed by atoms with Crippen molar-refractivity contribution in [3.63, 3.8) is 0 Å². The van der Waals surface area contributed by atoms with Crippen LogP contribution in [-0.2, 0) is 10.0 Å². The van der Waals surface area contributed by atoms with E-state index < -0.39 is 20.8 Å². The van der Waals surface area contributed by atoms with E-state index in [1.54, 1.807) is 12.1 Å². The van der Waals surface area contributed by atoms with E-state index in [9.17, 15) is 22.9 Å². The summed E-state index contributed by atoms with van der Waals surface area (Å²) in [6.45, 7) is 3.84. The van der Waals surface area contributed by atoms with Gasteiger partial charge in [-0.1, -0.05) is 0 Å². The highest BCUT2D eigenvalue weighted by Crippen LogP contribution is 2.30. The third-order valence-electron chi connectivity index (χ3n) is 4.60. The third kappa shape index (κ3) is 4.07. The Morgan fingerprint density at radius 3 is 2.32 bits per heavy atom. The Hall–Kier alpha value is -2.72. The molecule has 8 nitrogen and oxygen atoms in total. The fourth-order valence-corrected chi connectivity index (χ4v) is 4.58. The lowest BCUT2D eigenvalue weighted by Crippen LogP contribution is -2.48. The summed E-state index contributed by atoms with van der Waals surface area (Å²) in [5.41, 5.74) is 1.23. The van der Waals surface area contributed by atoms with Crippen molar-refractivity contribution >= 4 is 27.1 Å². The normalized spacial score (nSPS) is 15.4. The molecule has 2 aromatic rings. The van der Waals surface area contributed by atoms with Crippen LogP contribution in [0.25, 0.3) is 0 Å². The second-order valence-electron chi connectivity index (χ2n) is 6.33. The highest BCUT2D eigenvalue weighted by molar-refractivity contribution is 7.89. The van der Waals surface area contributed by atoms with Crippen LogP contribution in [0.2, 0.25) is 0 Å². The standard InChI is InChI=1S/C18H21FN4O4S/c1-2-20-17-13-15(5-8-18(17)23(24)25)21-9-11-22(12-10-21)28(26,27)16-6-3-14(19)4-7-16/h3-8,13,20H,2,9-12H2,1H3. The maximum absolute atomic E-state index is 13.1.